The first kappa shape index (κ1) is 18.8. The van der Waals surface area contributed by atoms with Gasteiger partial charge in [0.15, 0.2) is 10.6 Å². The van der Waals surface area contributed by atoms with E-state index >= 15 is 0 Å². The molecule has 3 aromatic rings. The topological polar surface area (TPSA) is 53.9 Å². The first-order valence-corrected chi connectivity index (χ1v) is 9.96. The second-order valence-electron chi connectivity index (χ2n) is 5.77. The number of carbonyl (C=O) groups is 1. The Bertz CT molecular complexity index is 933. The van der Waals surface area contributed by atoms with Gasteiger partial charge in [0.05, 0.1) is 4.88 Å². The van der Waals surface area contributed by atoms with Gasteiger partial charge in [0.25, 0.3) is 0 Å². The lowest BCUT2D eigenvalue weighted by Crippen LogP contribution is -2.31. The van der Waals surface area contributed by atoms with Gasteiger partial charge in [-0.15, -0.1) is 11.3 Å². The number of aromatic amines is 1. The lowest BCUT2D eigenvalue weighted by molar-refractivity contribution is -0.131. The normalized spacial score (nSPS) is 10.8. The van der Waals surface area contributed by atoms with E-state index in [1.54, 1.807) is 11.3 Å². The molecule has 0 radical (unpaired) electrons. The van der Waals surface area contributed by atoms with Crippen molar-refractivity contribution in [2.45, 2.75) is 26.4 Å². The van der Waals surface area contributed by atoms with Crippen LogP contribution in [0, 0.1) is 4.77 Å². The Morgan fingerprint density at radius 3 is 2.92 bits per heavy atom. The van der Waals surface area contributed by atoms with E-state index in [-0.39, 0.29) is 5.91 Å². The summed E-state index contributed by atoms with van der Waals surface area (Å²) in [5, 5.41) is 9.79. The predicted molar refractivity (Wildman–Crippen MR) is 108 cm³/mol. The van der Waals surface area contributed by atoms with Gasteiger partial charge in [-0.1, -0.05) is 29.8 Å². The summed E-state index contributed by atoms with van der Waals surface area (Å²) in [5.41, 5.74) is 1.02. The fraction of sp³-hybridized carbons (Fsp3) is 0.278. The van der Waals surface area contributed by atoms with Crippen LogP contribution in [0.1, 0.15) is 18.9 Å². The lowest BCUT2D eigenvalue weighted by atomic mass is 10.2. The maximum absolute atomic E-state index is 12.7. The number of halogens is 1. The number of thiophene rings is 1. The molecule has 0 fully saturated rings. The highest BCUT2D eigenvalue weighted by Crippen LogP contribution is 2.23. The number of hydrogen-bond acceptors (Lipinski definition) is 4. The summed E-state index contributed by atoms with van der Waals surface area (Å²) < 4.78 is 2.41. The molecule has 1 N–H and O–H groups in total. The van der Waals surface area contributed by atoms with Crippen LogP contribution in [0.25, 0.3) is 10.7 Å². The predicted octanol–water partition coefficient (Wildman–Crippen LogP) is 4.76. The molecule has 0 aliphatic rings. The first-order valence-electron chi connectivity index (χ1n) is 8.29. The molecule has 8 heteroatoms. The molecule has 1 aromatic carbocycles. The van der Waals surface area contributed by atoms with Crippen LogP contribution in [-0.4, -0.2) is 32.1 Å². The fourth-order valence-corrected chi connectivity index (χ4v) is 3.88. The van der Waals surface area contributed by atoms with E-state index in [9.17, 15) is 4.79 Å². The summed E-state index contributed by atoms with van der Waals surface area (Å²) in [7, 11) is 0. The van der Waals surface area contributed by atoms with Crippen molar-refractivity contribution < 1.29 is 4.79 Å². The largest absolute Gasteiger partial charge is 0.339 e. The maximum Gasteiger partial charge on any atom is 0.224 e. The molecule has 5 nitrogen and oxygen atoms in total. The Balaban J connectivity index is 1.68. The SMILES string of the molecule is CCN(Cc1cccc(Cl)c1)C(=O)CCn1c(-c2cccs2)n[nH]c1=S. The molecule has 2 heterocycles. The molecule has 0 spiro atoms. The summed E-state index contributed by atoms with van der Waals surface area (Å²) in [6.07, 6.45) is 0.362. The highest BCUT2D eigenvalue weighted by molar-refractivity contribution is 7.71. The molecule has 26 heavy (non-hydrogen) atoms. The number of aromatic nitrogens is 3. The van der Waals surface area contributed by atoms with Gasteiger partial charge in [-0.3, -0.25) is 14.5 Å². The third kappa shape index (κ3) is 4.41. The average Bonchev–Trinajstić information content (AvgIpc) is 3.27. The molecular weight excluding hydrogens is 388 g/mol. The number of hydrogen-bond donors (Lipinski definition) is 1. The van der Waals surface area contributed by atoms with E-state index in [4.69, 9.17) is 23.8 Å². The molecule has 0 saturated carbocycles. The molecular formula is C18H19ClN4OS2. The molecule has 3 rings (SSSR count). The van der Waals surface area contributed by atoms with Crippen molar-refractivity contribution in [3.05, 3.63) is 57.1 Å². The number of nitrogens with zero attached hydrogens (tertiary/aromatic N) is 3. The summed E-state index contributed by atoms with van der Waals surface area (Å²) in [6.45, 7) is 3.65. The van der Waals surface area contributed by atoms with Crippen molar-refractivity contribution in [1.82, 2.24) is 19.7 Å². The van der Waals surface area contributed by atoms with Gasteiger partial charge in [-0.2, -0.15) is 5.10 Å². The minimum atomic E-state index is 0.0766. The summed E-state index contributed by atoms with van der Waals surface area (Å²) in [6, 6.07) is 11.5. The smallest absolute Gasteiger partial charge is 0.224 e. The van der Waals surface area contributed by atoms with Gasteiger partial charge in [-0.25, -0.2) is 0 Å². The number of H-pyrrole nitrogens is 1. The van der Waals surface area contributed by atoms with Gasteiger partial charge in [-0.05, 0) is 48.3 Å². The summed E-state index contributed by atoms with van der Waals surface area (Å²) in [4.78, 5) is 15.5. The average molecular weight is 407 g/mol. The second-order valence-corrected chi connectivity index (χ2v) is 7.54. The van der Waals surface area contributed by atoms with Gasteiger partial charge in [0.1, 0.15) is 0 Å². The lowest BCUT2D eigenvalue weighted by Gasteiger charge is -2.21. The quantitative estimate of drug-likeness (QED) is 0.575. The Labute approximate surface area is 166 Å². The molecule has 1 amide bonds. The second kappa shape index (κ2) is 8.62. The Hall–Kier alpha value is -1.96. The van der Waals surface area contributed by atoms with Crippen LogP contribution in [-0.2, 0) is 17.9 Å². The minimum absolute atomic E-state index is 0.0766. The standard InChI is InChI=1S/C18H19ClN4OS2/c1-2-22(12-13-5-3-6-14(19)11-13)16(24)8-9-23-17(20-21-18(23)25)15-7-4-10-26-15/h3-7,10-11H,2,8-9,12H2,1H3,(H,21,25). The van der Waals surface area contributed by atoms with Crippen LogP contribution in [0.15, 0.2) is 41.8 Å². The van der Waals surface area contributed by atoms with Crippen LogP contribution in [0.3, 0.4) is 0 Å². The van der Waals surface area contributed by atoms with E-state index < -0.39 is 0 Å². The molecule has 0 unspecified atom stereocenters. The highest BCUT2D eigenvalue weighted by atomic mass is 35.5. The van der Waals surface area contributed by atoms with Gasteiger partial charge < -0.3 is 4.90 Å². The van der Waals surface area contributed by atoms with Gasteiger partial charge in [0.2, 0.25) is 5.91 Å². The third-order valence-electron chi connectivity index (χ3n) is 4.05. The van der Waals surface area contributed by atoms with Crippen LogP contribution in [0.2, 0.25) is 5.02 Å². The third-order valence-corrected chi connectivity index (χ3v) is 5.46. The molecule has 136 valence electrons. The Morgan fingerprint density at radius 2 is 2.23 bits per heavy atom. The molecule has 0 aliphatic heterocycles. The van der Waals surface area contributed by atoms with E-state index in [0.29, 0.717) is 35.8 Å². The van der Waals surface area contributed by atoms with Crippen LogP contribution >= 0.6 is 35.2 Å². The number of rotatable bonds is 7. The number of carbonyl (C=O) groups excluding carboxylic acids is 1. The molecule has 2 aromatic heterocycles. The fourth-order valence-electron chi connectivity index (χ4n) is 2.72. The van der Waals surface area contributed by atoms with Gasteiger partial charge in [0, 0.05) is 31.1 Å². The van der Waals surface area contributed by atoms with E-state index in [1.807, 2.05) is 58.2 Å². The van der Waals surface area contributed by atoms with Crippen molar-refractivity contribution >= 4 is 41.1 Å². The zero-order valence-corrected chi connectivity index (χ0v) is 16.7. The zero-order chi connectivity index (χ0) is 18.5. The maximum atomic E-state index is 12.7. The van der Waals surface area contributed by atoms with Crippen molar-refractivity contribution in [3.63, 3.8) is 0 Å². The molecule has 0 bridgehead atoms. The van der Waals surface area contributed by atoms with E-state index in [0.717, 1.165) is 16.3 Å². The van der Waals surface area contributed by atoms with Crippen molar-refractivity contribution in [2.75, 3.05) is 6.54 Å². The monoisotopic (exact) mass is 406 g/mol. The summed E-state index contributed by atoms with van der Waals surface area (Å²) >= 11 is 13.0. The molecule has 0 atom stereocenters. The van der Waals surface area contributed by atoms with E-state index in [2.05, 4.69) is 10.2 Å². The van der Waals surface area contributed by atoms with Crippen molar-refractivity contribution in [2.24, 2.45) is 0 Å². The molecule has 0 aliphatic carbocycles. The van der Waals surface area contributed by atoms with Crippen LogP contribution < -0.4 is 0 Å². The zero-order valence-electron chi connectivity index (χ0n) is 14.3. The van der Waals surface area contributed by atoms with Crippen molar-refractivity contribution in [1.29, 1.82) is 0 Å². The van der Waals surface area contributed by atoms with Crippen LogP contribution in [0.5, 0.6) is 0 Å². The Morgan fingerprint density at radius 1 is 1.38 bits per heavy atom. The van der Waals surface area contributed by atoms with Crippen LogP contribution in [0.4, 0.5) is 0 Å². The number of nitrogens with one attached hydrogen (secondary N) is 1. The van der Waals surface area contributed by atoms with E-state index in [1.165, 1.54) is 0 Å². The summed E-state index contributed by atoms with van der Waals surface area (Å²) in [5.74, 6) is 0.850. The highest BCUT2D eigenvalue weighted by Gasteiger charge is 2.15. The number of amides is 1. The minimum Gasteiger partial charge on any atom is -0.339 e. The number of benzene rings is 1. The van der Waals surface area contributed by atoms with Gasteiger partial charge >= 0.3 is 0 Å². The van der Waals surface area contributed by atoms with Crippen molar-refractivity contribution in [3.8, 4) is 10.7 Å². The molecule has 0 saturated heterocycles. The first-order chi connectivity index (χ1) is 12.6. The Kier molecular flexibility index (Phi) is 6.24.